The van der Waals surface area contributed by atoms with Crippen LogP contribution in [0.1, 0.15) is 51.1 Å². The molecule has 7 heteroatoms. The standard InChI is InChI=1S/C15H16N4O3/c1-19-13-7-3-4-10(9(13)8-16-19)18-14(20)11-5-2-6-12(17-11)15(21)22/h2,5-6,8,10H,3-4,7H2,1H3,(H,18,20)(H,21,22). The summed E-state index contributed by atoms with van der Waals surface area (Å²) >= 11 is 0. The lowest BCUT2D eigenvalue weighted by molar-refractivity contribution is 0.0690. The molecule has 0 spiro atoms. The average Bonchev–Trinajstić information content (AvgIpc) is 2.90. The van der Waals surface area contributed by atoms with Crippen molar-refractivity contribution >= 4 is 11.9 Å². The van der Waals surface area contributed by atoms with Crippen molar-refractivity contribution in [1.29, 1.82) is 0 Å². The first-order valence-corrected chi connectivity index (χ1v) is 7.08. The van der Waals surface area contributed by atoms with Gasteiger partial charge in [-0.25, -0.2) is 9.78 Å². The Morgan fingerprint density at radius 3 is 2.91 bits per heavy atom. The van der Waals surface area contributed by atoms with Gasteiger partial charge in [-0.15, -0.1) is 0 Å². The minimum atomic E-state index is -1.15. The van der Waals surface area contributed by atoms with Crippen molar-refractivity contribution in [2.24, 2.45) is 7.05 Å². The first-order valence-electron chi connectivity index (χ1n) is 7.08. The van der Waals surface area contributed by atoms with Gasteiger partial charge in [-0.2, -0.15) is 5.10 Å². The third-order valence-electron chi connectivity index (χ3n) is 3.88. The molecule has 0 radical (unpaired) electrons. The molecule has 2 heterocycles. The van der Waals surface area contributed by atoms with Crippen LogP contribution >= 0.6 is 0 Å². The number of fused-ring (bicyclic) bond motifs is 1. The molecule has 22 heavy (non-hydrogen) atoms. The summed E-state index contributed by atoms with van der Waals surface area (Å²) in [5.41, 5.74) is 2.12. The number of nitrogens with one attached hydrogen (secondary N) is 1. The molecule has 1 aliphatic rings. The molecule has 2 aromatic rings. The Morgan fingerprint density at radius 1 is 1.36 bits per heavy atom. The van der Waals surface area contributed by atoms with Gasteiger partial charge in [0, 0.05) is 18.3 Å². The molecule has 1 atom stereocenters. The van der Waals surface area contributed by atoms with Gasteiger partial charge >= 0.3 is 5.97 Å². The molecule has 3 rings (SSSR count). The van der Waals surface area contributed by atoms with Crippen LogP contribution in [0.4, 0.5) is 0 Å². The average molecular weight is 300 g/mol. The van der Waals surface area contributed by atoms with Gasteiger partial charge in [0.05, 0.1) is 12.2 Å². The number of nitrogens with zero attached hydrogens (tertiary/aromatic N) is 3. The number of carbonyl (C=O) groups is 2. The monoisotopic (exact) mass is 300 g/mol. The Balaban J connectivity index is 1.81. The predicted molar refractivity (Wildman–Crippen MR) is 77.5 cm³/mol. The maximum absolute atomic E-state index is 12.3. The van der Waals surface area contributed by atoms with E-state index in [-0.39, 0.29) is 23.3 Å². The molecule has 0 saturated heterocycles. The van der Waals surface area contributed by atoms with E-state index in [2.05, 4.69) is 15.4 Å². The first-order chi connectivity index (χ1) is 10.6. The highest BCUT2D eigenvalue weighted by atomic mass is 16.4. The maximum Gasteiger partial charge on any atom is 0.354 e. The molecular weight excluding hydrogens is 284 g/mol. The number of aromatic carboxylic acids is 1. The van der Waals surface area contributed by atoms with Gasteiger partial charge in [-0.3, -0.25) is 9.48 Å². The number of aromatic nitrogens is 3. The van der Waals surface area contributed by atoms with Crippen LogP contribution < -0.4 is 5.32 Å². The Hall–Kier alpha value is -2.70. The molecule has 7 nitrogen and oxygen atoms in total. The minimum Gasteiger partial charge on any atom is -0.477 e. The SMILES string of the molecule is Cn1ncc2c1CCCC2NC(=O)c1cccc(C(=O)O)n1. The van der Waals surface area contributed by atoms with Crippen molar-refractivity contribution < 1.29 is 14.7 Å². The Kier molecular flexibility index (Phi) is 3.62. The zero-order valence-corrected chi connectivity index (χ0v) is 12.1. The van der Waals surface area contributed by atoms with E-state index in [1.54, 1.807) is 6.20 Å². The van der Waals surface area contributed by atoms with Crippen molar-refractivity contribution in [2.75, 3.05) is 0 Å². The highest BCUT2D eigenvalue weighted by Gasteiger charge is 2.25. The Morgan fingerprint density at radius 2 is 2.14 bits per heavy atom. The topological polar surface area (TPSA) is 97.1 Å². The van der Waals surface area contributed by atoms with E-state index >= 15 is 0 Å². The van der Waals surface area contributed by atoms with Crippen LogP contribution in [-0.2, 0) is 13.5 Å². The van der Waals surface area contributed by atoms with E-state index in [0.29, 0.717) is 0 Å². The second-order valence-corrected chi connectivity index (χ2v) is 5.30. The van der Waals surface area contributed by atoms with E-state index in [1.807, 2.05) is 11.7 Å². The third-order valence-corrected chi connectivity index (χ3v) is 3.88. The van der Waals surface area contributed by atoms with Gasteiger partial charge in [0.1, 0.15) is 11.4 Å². The number of hydrogen-bond acceptors (Lipinski definition) is 4. The van der Waals surface area contributed by atoms with Crippen LogP contribution in [0.5, 0.6) is 0 Å². The van der Waals surface area contributed by atoms with Crippen LogP contribution in [0.2, 0.25) is 0 Å². The second kappa shape index (κ2) is 5.59. The molecule has 0 fully saturated rings. The van der Waals surface area contributed by atoms with Crippen LogP contribution in [0.15, 0.2) is 24.4 Å². The van der Waals surface area contributed by atoms with Gasteiger partial charge in [-0.1, -0.05) is 6.07 Å². The molecule has 2 N–H and O–H groups in total. The highest BCUT2D eigenvalue weighted by molar-refractivity contribution is 5.94. The number of hydrogen-bond donors (Lipinski definition) is 2. The number of amides is 1. The molecule has 0 aromatic carbocycles. The van der Waals surface area contributed by atoms with E-state index in [1.165, 1.54) is 18.2 Å². The van der Waals surface area contributed by atoms with Crippen molar-refractivity contribution in [3.05, 3.63) is 47.0 Å². The van der Waals surface area contributed by atoms with Gasteiger partial charge in [0.2, 0.25) is 0 Å². The van der Waals surface area contributed by atoms with Crippen molar-refractivity contribution in [3.8, 4) is 0 Å². The Labute approximate surface area is 127 Å². The van der Waals surface area contributed by atoms with E-state index in [0.717, 1.165) is 30.5 Å². The normalized spacial score (nSPS) is 16.9. The summed E-state index contributed by atoms with van der Waals surface area (Å²) in [5, 5.41) is 16.1. The summed E-state index contributed by atoms with van der Waals surface area (Å²) in [6.07, 6.45) is 4.54. The van der Waals surface area contributed by atoms with Crippen molar-refractivity contribution in [2.45, 2.75) is 25.3 Å². The molecule has 114 valence electrons. The van der Waals surface area contributed by atoms with E-state index in [4.69, 9.17) is 5.11 Å². The van der Waals surface area contributed by atoms with Crippen LogP contribution in [0.3, 0.4) is 0 Å². The zero-order chi connectivity index (χ0) is 15.7. The smallest absolute Gasteiger partial charge is 0.354 e. The predicted octanol–water partition coefficient (Wildman–Crippen LogP) is 1.32. The number of aryl methyl sites for hydroxylation is 1. The van der Waals surface area contributed by atoms with Gasteiger partial charge in [-0.05, 0) is 31.4 Å². The molecule has 1 amide bonds. The quantitative estimate of drug-likeness (QED) is 0.891. The second-order valence-electron chi connectivity index (χ2n) is 5.30. The molecule has 2 aromatic heterocycles. The summed E-state index contributed by atoms with van der Waals surface area (Å²) in [6.45, 7) is 0. The largest absolute Gasteiger partial charge is 0.477 e. The van der Waals surface area contributed by atoms with Crippen LogP contribution in [-0.4, -0.2) is 31.7 Å². The van der Waals surface area contributed by atoms with Crippen molar-refractivity contribution in [3.63, 3.8) is 0 Å². The molecule has 1 aliphatic carbocycles. The Bertz CT molecular complexity index is 738. The number of carboxylic acids is 1. The summed E-state index contributed by atoms with van der Waals surface area (Å²) in [6, 6.07) is 4.27. The minimum absolute atomic E-state index is 0.107. The summed E-state index contributed by atoms with van der Waals surface area (Å²) < 4.78 is 1.83. The lowest BCUT2D eigenvalue weighted by Crippen LogP contribution is -2.31. The summed E-state index contributed by atoms with van der Waals surface area (Å²) in [5.74, 6) is -1.52. The van der Waals surface area contributed by atoms with Crippen LogP contribution in [0, 0.1) is 0 Å². The molecule has 0 saturated carbocycles. The zero-order valence-electron chi connectivity index (χ0n) is 12.1. The summed E-state index contributed by atoms with van der Waals surface area (Å²) in [4.78, 5) is 27.1. The van der Waals surface area contributed by atoms with E-state index < -0.39 is 5.97 Å². The number of rotatable bonds is 3. The molecule has 0 bridgehead atoms. The fourth-order valence-corrected chi connectivity index (χ4v) is 2.77. The van der Waals surface area contributed by atoms with Gasteiger partial charge < -0.3 is 10.4 Å². The fourth-order valence-electron chi connectivity index (χ4n) is 2.77. The van der Waals surface area contributed by atoms with E-state index in [9.17, 15) is 9.59 Å². The third kappa shape index (κ3) is 2.57. The summed E-state index contributed by atoms with van der Waals surface area (Å²) in [7, 11) is 1.89. The fraction of sp³-hybridized carbons (Fsp3) is 0.333. The molecular formula is C15H16N4O3. The lowest BCUT2D eigenvalue weighted by atomic mass is 9.93. The number of pyridine rings is 1. The number of carboxylic acid groups (broad SMARTS) is 1. The van der Waals surface area contributed by atoms with Gasteiger partial charge in [0.15, 0.2) is 0 Å². The highest BCUT2D eigenvalue weighted by Crippen LogP contribution is 2.29. The maximum atomic E-state index is 12.3. The molecule has 0 aliphatic heterocycles. The van der Waals surface area contributed by atoms with Crippen LogP contribution in [0.25, 0.3) is 0 Å². The molecule has 1 unspecified atom stereocenters. The lowest BCUT2D eigenvalue weighted by Gasteiger charge is -2.23. The number of carbonyl (C=O) groups excluding carboxylic acids is 1. The first kappa shape index (κ1) is 14.2. The van der Waals surface area contributed by atoms with Crippen molar-refractivity contribution in [1.82, 2.24) is 20.1 Å². The van der Waals surface area contributed by atoms with Gasteiger partial charge in [0.25, 0.3) is 5.91 Å².